The molecule has 21 heavy (non-hydrogen) atoms. The second-order valence-electron chi connectivity index (χ2n) is 5.42. The number of carbonyl (C=O) groups excluding carboxylic acids is 1. The van der Waals surface area contributed by atoms with Crippen molar-refractivity contribution in [3.8, 4) is 0 Å². The summed E-state index contributed by atoms with van der Waals surface area (Å²) in [6.45, 7) is 6.39. The van der Waals surface area contributed by atoms with Gasteiger partial charge >= 0.3 is 0 Å². The number of hydrogen-bond acceptors (Lipinski definition) is 3. The Morgan fingerprint density at radius 1 is 1.29 bits per heavy atom. The Kier molecular flexibility index (Phi) is 4.90. The van der Waals surface area contributed by atoms with Crippen molar-refractivity contribution in [3.05, 3.63) is 35.1 Å². The molecule has 1 heterocycles. The van der Waals surface area contributed by atoms with Crippen LogP contribution in [0.4, 0.5) is 4.39 Å². The minimum Gasteiger partial charge on any atom is -0.392 e. The van der Waals surface area contributed by atoms with Gasteiger partial charge in [-0.1, -0.05) is 12.2 Å². The first-order chi connectivity index (χ1) is 9.88. The van der Waals surface area contributed by atoms with Crippen LogP contribution in [0.3, 0.4) is 0 Å². The molecular weight excluding hydrogens is 289 g/mol. The van der Waals surface area contributed by atoms with Crippen molar-refractivity contribution in [2.24, 2.45) is 5.73 Å². The Labute approximate surface area is 129 Å². The first-order valence-electron chi connectivity index (χ1n) is 6.98. The standard InChI is InChI=1S/C15H20FN3OS/c1-10-7-12(9-13(16)8-10)15(20)19-5-3-18(4-6-19)11(2)14(17)21/h7-9,11H,3-6H2,1-2H3,(H2,17,21). The van der Waals surface area contributed by atoms with E-state index in [4.69, 9.17) is 18.0 Å². The summed E-state index contributed by atoms with van der Waals surface area (Å²) in [7, 11) is 0. The van der Waals surface area contributed by atoms with E-state index in [2.05, 4.69) is 4.90 Å². The third-order valence-electron chi connectivity index (χ3n) is 3.85. The predicted octanol–water partition coefficient (Wildman–Crippen LogP) is 1.57. The number of rotatable bonds is 3. The van der Waals surface area contributed by atoms with Crippen LogP contribution in [0.1, 0.15) is 22.8 Å². The number of thiocarbonyl (C=S) groups is 1. The molecule has 2 N–H and O–H groups in total. The molecule has 1 aliphatic heterocycles. The van der Waals surface area contributed by atoms with Crippen LogP contribution in [-0.4, -0.2) is 52.9 Å². The van der Waals surface area contributed by atoms with Crippen LogP contribution in [-0.2, 0) is 0 Å². The maximum Gasteiger partial charge on any atom is 0.254 e. The SMILES string of the molecule is Cc1cc(F)cc(C(=O)N2CCN(C(C)C(N)=S)CC2)c1. The summed E-state index contributed by atoms with van der Waals surface area (Å²) in [4.78, 5) is 16.8. The molecule has 1 aromatic carbocycles. The van der Waals surface area contributed by atoms with E-state index in [0.29, 0.717) is 23.6 Å². The van der Waals surface area contributed by atoms with Gasteiger partial charge in [-0.15, -0.1) is 0 Å². The van der Waals surface area contributed by atoms with E-state index in [9.17, 15) is 9.18 Å². The van der Waals surface area contributed by atoms with E-state index >= 15 is 0 Å². The molecule has 114 valence electrons. The first kappa shape index (κ1) is 15.9. The van der Waals surface area contributed by atoms with Gasteiger partial charge in [0.2, 0.25) is 0 Å². The zero-order chi connectivity index (χ0) is 15.6. The van der Waals surface area contributed by atoms with E-state index in [0.717, 1.165) is 18.7 Å². The molecule has 6 heteroatoms. The average molecular weight is 309 g/mol. The first-order valence-corrected chi connectivity index (χ1v) is 7.39. The van der Waals surface area contributed by atoms with E-state index < -0.39 is 0 Å². The fourth-order valence-electron chi connectivity index (χ4n) is 2.53. The minimum atomic E-state index is -0.376. The van der Waals surface area contributed by atoms with Crippen molar-refractivity contribution in [3.63, 3.8) is 0 Å². The van der Waals surface area contributed by atoms with Crippen LogP contribution in [0.2, 0.25) is 0 Å². The smallest absolute Gasteiger partial charge is 0.254 e. The van der Waals surface area contributed by atoms with Gasteiger partial charge in [0.05, 0.1) is 11.0 Å². The number of piperazine rings is 1. The zero-order valence-electron chi connectivity index (χ0n) is 12.3. The fraction of sp³-hybridized carbons (Fsp3) is 0.467. The van der Waals surface area contributed by atoms with Gasteiger partial charge in [-0.25, -0.2) is 4.39 Å². The number of nitrogens with zero attached hydrogens (tertiary/aromatic N) is 2. The number of aryl methyl sites for hydroxylation is 1. The molecule has 4 nitrogen and oxygen atoms in total. The highest BCUT2D eigenvalue weighted by atomic mass is 32.1. The van der Waals surface area contributed by atoms with Crippen LogP contribution >= 0.6 is 12.2 Å². The number of hydrogen-bond donors (Lipinski definition) is 1. The van der Waals surface area contributed by atoms with Crippen molar-refractivity contribution in [1.29, 1.82) is 0 Å². The van der Waals surface area contributed by atoms with Crippen LogP contribution in [0.15, 0.2) is 18.2 Å². The predicted molar refractivity (Wildman–Crippen MR) is 84.9 cm³/mol. The summed E-state index contributed by atoms with van der Waals surface area (Å²) in [5.41, 5.74) is 6.81. The Hall–Kier alpha value is -1.53. The number of halogens is 1. The molecular formula is C15H20FN3OS. The van der Waals surface area contributed by atoms with Crippen LogP contribution in [0.25, 0.3) is 0 Å². The van der Waals surface area contributed by atoms with Gasteiger partial charge < -0.3 is 10.6 Å². The molecule has 0 aliphatic carbocycles. The van der Waals surface area contributed by atoms with Gasteiger partial charge in [-0.2, -0.15) is 0 Å². The lowest BCUT2D eigenvalue weighted by Gasteiger charge is -2.37. The Bertz CT molecular complexity index is 536. The lowest BCUT2D eigenvalue weighted by Crippen LogP contribution is -2.53. The summed E-state index contributed by atoms with van der Waals surface area (Å²) in [5.74, 6) is -0.501. The molecule has 1 fully saturated rings. The molecule has 1 saturated heterocycles. The van der Waals surface area contributed by atoms with Gasteiger partial charge in [0.1, 0.15) is 5.82 Å². The Balaban J connectivity index is 2.01. The molecule has 1 amide bonds. The summed E-state index contributed by atoms with van der Waals surface area (Å²) in [5, 5.41) is 0. The minimum absolute atomic E-state index is 0.0358. The highest BCUT2D eigenvalue weighted by molar-refractivity contribution is 7.80. The quantitative estimate of drug-likeness (QED) is 0.861. The zero-order valence-corrected chi connectivity index (χ0v) is 13.1. The number of amides is 1. The third kappa shape index (κ3) is 3.77. The fourth-order valence-corrected chi connectivity index (χ4v) is 2.68. The van der Waals surface area contributed by atoms with Gasteiger partial charge in [0.15, 0.2) is 0 Å². The topological polar surface area (TPSA) is 49.6 Å². The molecule has 1 aromatic rings. The maximum atomic E-state index is 13.4. The highest BCUT2D eigenvalue weighted by Crippen LogP contribution is 2.14. The summed E-state index contributed by atoms with van der Waals surface area (Å²) >= 11 is 5.00. The summed E-state index contributed by atoms with van der Waals surface area (Å²) in [6.07, 6.45) is 0. The monoisotopic (exact) mass is 309 g/mol. The molecule has 1 aliphatic rings. The molecule has 0 spiro atoms. The number of carbonyl (C=O) groups is 1. The second-order valence-corrected chi connectivity index (χ2v) is 5.90. The van der Waals surface area contributed by atoms with Crippen molar-refractivity contribution in [2.75, 3.05) is 26.2 Å². The maximum absolute atomic E-state index is 13.4. The van der Waals surface area contributed by atoms with Gasteiger partial charge in [-0.3, -0.25) is 9.69 Å². The van der Waals surface area contributed by atoms with E-state index in [1.807, 2.05) is 6.92 Å². The lowest BCUT2D eigenvalue weighted by molar-refractivity contribution is 0.0621. The number of benzene rings is 1. The molecule has 0 saturated carbocycles. The molecule has 0 aromatic heterocycles. The van der Waals surface area contributed by atoms with Gasteiger partial charge in [0.25, 0.3) is 5.91 Å². The molecule has 0 radical (unpaired) electrons. The number of nitrogens with two attached hydrogens (primary N) is 1. The normalized spacial score (nSPS) is 17.6. The van der Waals surface area contributed by atoms with E-state index in [-0.39, 0.29) is 17.8 Å². The summed E-state index contributed by atoms with van der Waals surface area (Å²) in [6, 6.07) is 4.46. The summed E-state index contributed by atoms with van der Waals surface area (Å²) < 4.78 is 13.4. The van der Waals surface area contributed by atoms with Gasteiger partial charge in [-0.05, 0) is 37.6 Å². The molecule has 0 bridgehead atoms. The van der Waals surface area contributed by atoms with Crippen LogP contribution in [0, 0.1) is 12.7 Å². The molecule has 1 unspecified atom stereocenters. The van der Waals surface area contributed by atoms with Crippen LogP contribution < -0.4 is 5.73 Å². The van der Waals surface area contributed by atoms with Crippen molar-refractivity contribution in [1.82, 2.24) is 9.80 Å². The Morgan fingerprint density at radius 2 is 1.90 bits per heavy atom. The van der Waals surface area contributed by atoms with Gasteiger partial charge in [0, 0.05) is 31.7 Å². The van der Waals surface area contributed by atoms with E-state index in [1.54, 1.807) is 17.9 Å². The third-order valence-corrected chi connectivity index (χ3v) is 4.19. The largest absolute Gasteiger partial charge is 0.392 e. The Morgan fingerprint density at radius 3 is 2.43 bits per heavy atom. The second kappa shape index (κ2) is 6.49. The van der Waals surface area contributed by atoms with Crippen molar-refractivity contribution < 1.29 is 9.18 Å². The van der Waals surface area contributed by atoms with Crippen LogP contribution in [0.5, 0.6) is 0 Å². The molecule has 2 rings (SSSR count). The van der Waals surface area contributed by atoms with Crippen molar-refractivity contribution in [2.45, 2.75) is 19.9 Å². The lowest BCUT2D eigenvalue weighted by atomic mass is 10.1. The van der Waals surface area contributed by atoms with E-state index in [1.165, 1.54) is 12.1 Å². The van der Waals surface area contributed by atoms with Crippen molar-refractivity contribution >= 4 is 23.1 Å². The highest BCUT2D eigenvalue weighted by Gasteiger charge is 2.25. The molecule has 1 atom stereocenters. The average Bonchev–Trinajstić information content (AvgIpc) is 2.44.